The van der Waals surface area contributed by atoms with Crippen LogP contribution in [-0.4, -0.2) is 22.6 Å². The fraction of sp³-hybridized carbons (Fsp3) is 0.692. The second kappa shape index (κ2) is 4.48. The fourth-order valence-corrected chi connectivity index (χ4v) is 2.32. The summed E-state index contributed by atoms with van der Waals surface area (Å²) in [5, 5.41) is 3.32. The third kappa shape index (κ3) is 2.33. The summed E-state index contributed by atoms with van der Waals surface area (Å²) in [5.74, 6) is 0.653. The van der Waals surface area contributed by atoms with Crippen molar-refractivity contribution in [3.63, 3.8) is 0 Å². The highest BCUT2D eigenvalue weighted by Gasteiger charge is 2.34. The maximum atomic E-state index is 12.0. The Morgan fingerprint density at radius 2 is 2.44 bits per heavy atom. The van der Waals surface area contributed by atoms with Gasteiger partial charge in [0.15, 0.2) is 0 Å². The average molecular weight is 249 g/mol. The molecule has 1 aliphatic heterocycles. The minimum Gasteiger partial charge on any atom is -0.367 e. The van der Waals surface area contributed by atoms with Crippen molar-refractivity contribution in [2.24, 2.45) is 0 Å². The van der Waals surface area contributed by atoms with Crippen LogP contribution >= 0.6 is 0 Å². The monoisotopic (exact) mass is 249 g/mol. The Morgan fingerprint density at radius 1 is 1.61 bits per heavy atom. The standard InChI is InChI=1S/C13H19N3O2/c1-13(5-2-6-18-13)12-15-8-9(11(17)16-12)7-14-10-3-4-10/h8,10,14H,2-7H2,1H3,(H,15,16,17). The van der Waals surface area contributed by atoms with Gasteiger partial charge in [0.2, 0.25) is 0 Å². The minimum absolute atomic E-state index is 0.0510. The summed E-state index contributed by atoms with van der Waals surface area (Å²) in [4.78, 5) is 19.2. The number of H-pyrrole nitrogens is 1. The molecule has 2 heterocycles. The van der Waals surface area contributed by atoms with Gasteiger partial charge in [0.25, 0.3) is 5.56 Å². The molecule has 0 bridgehead atoms. The number of nitrogens with zero attached hydrogens (tertiary/aromatic N) is 1. The molecule has 1 aromatic rings. The van der Waals surface area contributed by atoms with Crippen molar-refractivity contribution in [2.75, 3.05) is 6.61 Å². The topological polar surface area (TPSA) is 67.0 Å². The third-order valence-electron chi connectivity index (χ3n) is 3.75. The van der Waals surface area contributed by atoms with Gasteiger partial charge in [-0.1, -0.05) is 0 Å². The van der Waals surface area contributed by atoms with Crippen LogP contribution in [0.2, 0.25) is 0 Å². The molecule has 1 saturated carbocycles. The van der Waals surface area contributed by atoms with Crippen molar-refractivity contribution in [2.45, 2.75) is 50.8 Å². The van der Waals surface area contributed by atoms with Gasteiger partial charge in [-0.3, -0.25) is 4.79 Å². The van der Waals surface area contributed by atoms with Gasteiger partial charge in [-0.05, 0) is 32.6 Å². The van der Waals surface area contributed by atoms with E-state index in [0.717, 1.165) is 19.4 Å². The van der Waals surface area contributed by atoms with E-state index in [9.17, 15) is 4.79 Å². The lowest BCUT2D eigenvalue weighted by Crippen LogP contribution is -2.30. The molecule has 2 aliphatic rings. The van der Waals surface area contributed by atoms with Crippen LogP contribution in [0.4, 0.5) is 0 Å². The van der Waals surface area contributed by atoms with E-state index in [2.05, 4.69) is 15.3 Å². The van der Waals surface area contributed by atoms with E-state index in [1.807, 2.05) is 6.92 Å². The molecule has 2 N–H and O–H groups in total. The fourth-order valence-electron chi connectivity index (χ4n) is 2.32. The third-order valence-corrected chi connectivity index (χ3v) is 3.75. The van der Waals surface area contributed by atoms with Gasteiger partial charge in [0.05, 0.1) is 0 Å². The summed E-state index contributed by atoms with van der Waals surface area (Å²) in [6.45, 7) is 3.33. The second-order valence-corrected chi connectivity index (χ2v) is 5.42. The first-order valence-corrected chi connectivity index (χ1v) is 6.63. The first-order valence-electron chi connectivity index (χ1n) is 6.63. The minimum atomic E-state index is -0.415. The van der Waals surface area contributed by atoms with Gasteiger partial charge in [-0.2, -0.15) is 0 Å². The van der Waals surface area contributed by atoms with Gasteiger partial charge < -0.3 is 15.0 Å². The Morgan fingerprint density at radius 3 is 3.06 bits per heavy atom. The Balaban J connectivity index is 1.77. The maximum Gasteiger partial charge on any atom is 0.255 e. The van der Waals surface area contributed by atoms with E-state index in [1.165, 1.54) is 12.8 Å². The predicted molar refractivity (Wildman–Crippen MR) is 67.3 cm³/mol. The van der Waals surface area contributed by atoms with Crippen molar-refractivity contribution >= 4 is 0 Å². The molecule has 0 radical (unpaired) electrons. The SMILES string of the molecule is CC1(c2ncc(CNC3CC3)c(=O)[nH]2)CCCO1. The van der Waals surface area contributed by atoms with E-state index < -0.39 is 5.60 Å². The van der Waals surface area contributed by atoms with Crippen LogP contribution in [0, 0.1) is 0 Å². The molecule has 0 spiro atoms. The normalized spacial score (nSPS) is 27.6. The number of aromatic amines is 1. The van der Waals surface area contributed by atoms with Gasteiger partial charge >= 0.3 is 0 Å². The highest BCUT2D eigenvalue weighted by molar-refractivity contribution is 5.10. The molecule has 5 heteroatoms. The Hall–Kier alpha value is -1.20. The molecule has 18 heavy (non-hydrogen) atoms. The Kier molecular flexibility index (Phi) is 2.95. The summed E-state index contributed by atoms with van der Waals surface area (Å²) < 4.78 is 5.68. The van der Waals surface area contributed by atoms with E-state index in [4.69, 9.17) is 4.74 Å². The van der Waals surface area contributed by atoms with E-state index >= 15 is 0 Å². The van der Waals surface area contributed by atoms with E-state index in [0.29, 0.717) is 24.0 Å². The summed E-state index contributed by atoms with van der Waals surface area (Å²) in [6.07, 6.45) is 6.04. The maximum absolute atomic E-state index is 12.0. The molecule has 1 atom stereocenters. The summed E-state index contributed by atoms with van der Waals surface area (Å²) in [6, 6.07) is 0.597. The van der Waals surface area contributed by atoms with E-state index in [-0.39, 0.29) is 5.56 Å². The molecule has 1 unspecified atom stereocenters. The molecule has 1 aromatic heterocycles. The van der Waals surface area contributed by atoms with Crippen LogP contribution in [0.5, 0.6) is 0 Å². The summed E-state index contributed by atoms with van der Waals surface area (Å²) in [5.41, 5.74) is 0.235. The molecule has 0 amide bonds. The van der Waals surface area contributed by atoms with Crippen LogP contribution in [0.25, 0.3) is 0 Å². The molecule has 5 nitrogen and oxygen atoms in total. The number of hydrogen-bond acceptors (Lipinski definition) is 4. The number of ether oxygens (including phenoxy) is 1. The molecular formula is C13H19N3O2. The zero-order valence-electron chi connectivity index (χ0n) is 10.7. The van der Waals surface area contributed by atoms with Crippen LogP contribution < -0.4 is 10.9 Å². The lowest BCUT2D eigenvalue weighted by molar-refractivity contribution is 0.00907. The molecular weight excluding hydrogens is 230 g/mol. The van der Waals surface area contributed by atoms with Crippen molar-refractivity contribution < 1.29 is 4.74 Å². The smallest absolute Gasteiger partial charge is 0.255 e. The largest absolute Gasteiger partial charge is 0.367 e. The highest BCUT2D eigenvalue weighted by atomic mass is 16.5. The van der Waals surface area contributed by atoms with Crippen LogP contribution in [-0.2, 0) is 16.9 Å². The number of aromatic nitrogens is 2. The summed E-state index contributed by atoms with van der Waals surface area (Å²) >= 11 is 0. The highest BCUT2D eigenvalue weighted by Crippen LogP contribution is 2.32. The predicted octanol–water partition coefficient (Wildman–Crippen LogP) is 1.05. The van der Waals surface area contributed by atoms with E-state index in [1.54, 1.807) is 6.20 Å². The number of rotatable bonds is 4. The lowest BCUT2D eigenvalue weighted by Gasteiger charge is -2.21. The number of hydrogen-bond donors (Lipinski definition) is 2. The first kappa shape index (κ1) is 11.9. The number of nitrogens with one attached hydrogen (secondary N) is 2. The summed E-state index contributed by atoms with van der Waals surface area (Å²) in [7, 11) is 0. The van der Waals surface area contributed by atoms with Crippen LogP contribution in [0.1, 0.15) is 44.0 Å². The molecule has 98 valence electrons. The zero-order valence-corrected chi connectivity index (χ0v) is 10.7. The quantitative estimate of drug-likeness (QED) is 0.837. The van der Waals surface area contributed by atoms with Gasteiger partial charge in [0.1, 0.15) is 11.4 Å². The molecule has 2 fully saturated rings. The Bertz CT molecular complexity index is 487. The molecule has 1 aliphatic carbocycles. The van der Waals surface area contributed by atoms with Gasteiger partial charge in [0, 0.05) is 31.0 Å². The van der Waals surface area contributed by atoms with Crippen LogP contribution in [0.3, 0.4) is 0 Å². The first-order chi connectivity index (χ1) is 8.67. The van der Waals surface area contributed by atoms with Crippen molar-refractivity contribution in [1.29, 1.82) is 0 Å². The van der Waals surface area contributed by atoms with Crippen molar-refractivity contribution in [1.82, 2.24) is 15.3 Å². The Labute approximate surface area is 106 Å². The molecule has 0 aromatic carbocycles. The molecule has 1 saturated heterocycles. The van der Waals surface area contributed by atoms with Gasteiger partial charge in [-0.25, -0.2) is 4.98 Å². The van der Waals surface area contributed by atoms with Crippen molar-refractivity contribution in [3.05, 3.63) is 27.9 Å². The van der Waals surface area contributed by atoms with Crippen LogP contribution in [0.15, 0.2) is 11.0 Å². The lowest BCUT2D eigenvalue weighted by atomic mass is 10.0. The van der Waals surface area contributed by atoms with Gasteiger partial charge in [-0.15, -0.1) is 0 Å². The average Bonchev–Trinajstić information content (AvgIpc) is 3.08. The second-order valence-electron chi connectivity index (χ2n) is 5.42. The molecule has 3 rings (SSSR count). The zero-order chi connectivity index (χ0) is 12.6. The van der Waals surface area contributed by atoms with Crippen molar-refractivity contribution in [3.8, 4) is 0 Å².